The Hall–Kier alpha value is -2.68. The number of anilines is 1. The number of amides is 2. The molecular formula is C17H17F3N4O2. The molecule has 26 heavy (non-hydrogen) atoms. The second-order valence-electron chi connectivity index (χ2n) is 6.19. The lowest BCUT2D eigenvalue weighted by Gasteiger charge is -2.21. The number of halogens is 3. The van der Waals surface area contributed by atoms with Crippen LogP contribution in [0.4, 0.5) is 23.8 Å². The molecule has 0 saturated carbocycles. The molecule has 2 amide bonds. The molecule has 0 spiro atoms. The molecule has 0 bridgehead atoms. The number of hydrogen-bond donors (Lipinski definition) is 1. The Bertz CT molecular complexity index is 839. The van der Waals surface area contributed by atoms with Crippen LogP contribution < -0.4 is 4.90 Å². The fourth-order valence-electron chi connectivity index (χ4n) is 2.77. The summed E-state index contributed by atoms with van der Waals surface area (Å²) in [6, 6.07) is 2.73. The number of carbonyl (C=O) groups is 1. The number of aromatic nitrogens is 2. The van der Waals surface area contributed by atoms with Gasteiger partial charge >= 0.3 is 12.2 Å². The highest BCUT2D eigenvalue weighted by Crippen LogP contribution is 2.39. The van der Waals surface area contributed by atoms with Crippen molar-refractivity contribution in [1.29, 1.82) is 0 Å². The van der Waals surface area contributed by atoms with Gasteiger partial charge in [0.15, 0.2) is 6.23 Å². The van der Waals surface area contributed by atoms with E-state index in [0.717, 1.165) is 17.2 Å². The molecule has 6 nitrogen and oxygen atoms in total. The highest BCUT2D eigenvalue weighted by Gasteiger charge is 2.43. The van der Waals surface area contributed by atoms with Gasteiger partial charge in [-0.05, 0) is 26.0 Å². The van der Waals surface area contributed by atoms with Gasteiger partial charge in [-0.3, -0.25) is 4.98 Å². The minimum absolute atomic E-state index is 0.142. The van der Waals surface area contributed by atoms with Crippen molar-refractivity contribution >= 4 is 11.8 Å². The van der Waals surface area contributed by atoms with Gasteiger partial charge in [-0.25, -0.2) is 14.7 Å². The summed E-state index contributed by atoms with van der Waals surface area (Å²) in [4.78, 5) is 22.4. The van der Waals surface area contributed by atoms with Gasteiger partial charge in [0.1, 0.15) is 5.82 Å². The largest absolute Gasteiger partial charge is 0.417 e. The van der Waals surface area contributed by atoms with E-state index in [1.54, 1.807) is 19.9 Å². The van der Waals surface area contributed by atoms with Gasteiger partial charge in [0, 0.05) is 36.3 Å². The Morgan fingerprint density at radius 1 is 1.19 bits per heavy atom. The summed E-state index contributed by atoms with van der Waals surface area (Å²) in [6.07, 6.45) is -3.56. The van der Waals surface area contributed by atoms with Crippen molar-refractivity contribution in [2.45, 2.75) is 32.3 Å². The minimum atomic E-state index is -4.66. The van der Waals surface area contributed by atoms with Crippen LogP contribution in [0.2, 0.25) is 0 Å². The van der Waals surface area contributed by atoms with E-state index in [9.17, 15) is 23.1 Å². The van der Waals surface area contributed by atoms with Crippen LogP contribution in [0.5, 0.6) is 0 Å². The number of alkyl halides is 3. The molecule has 1 aliphatic rings. The summed E-state index contributed by atoms with van der Waals surface area (Å²) in [5.74, 6) is -0.255. The van der Waals surface area contributed by atoms with E-state index < -0.39 is 30.0 Å². The molecule has 0 radical (unpaired) electrons. The van der Waals surface area contributed by atoms with Crippen molar-refractivity contribution < 1.29 is 23.1 Å². The van der Waals surface area contributed by atoms with Gasteiger partial charge in [0.2, 0.25) is 0 Å². The van der Waals surface area contributed by atoms with Crippen LogP contribution in [0, 0.1) is 6.92 Å². The third-order valence-corrected chi connectivity index (χ3v) is 4.48. The first-order chi connectivity index (χ1) is 12.1. The van der Waals surface area contributed by atoms with Crippen molar-refractivity contribution in [3.63, 3.8) is 0 Å². The summed E-state index contributed by atoms with van der Waals surface area (Å²) in [5.41, 5.74) is -0.151. The van der Waals surface area contributed by atoms with E-state index in [1.165, 1.54) is 24.2 Å². The SMILES string of the molecule is Cc1ccc(-c2cnc(N3C(=O)N(C)C(C)C3O)cc2C(F)(F)F)cn1. The van der Waals surface area contributed by atoms with Gasteiger partial charge < -0.3 is 10.0 Å². The monoisotopic (exact) mass is 366 g/mol. The molecule has 0 aliphatic carbocycles. The molecule has 1 saturated heterocycles. The van der Waals surface area contributed by atoms with Crippen molar-refractivity contribution in [2.75, 3.05) is 11.9 Å². The van der Waals surface area contributed by atoms with Crippen LogP contribution in [-0.4, -0.2) is 45.3 Å². The fraction of sp³-hybridized carbons (Fsp3) is 0.353. The number of carbonyl (C=O) groups excluding carboxylic acids is 1. The number of aliphatic hydroxyl groups excluding tert-OH is 1. The number of urea groups is 1. The zero-order valence-electron chi connectivity index (χ0n) is 14.3. The Kier molecular flexibility index (Phi) is 4.35. The van der Waals surface area contributed by atoms with Crippen LogP contribution in [0.25, 0.3) is 11.1 Å². The number of likely N-dealkylation sites (N-methyl/N-ethyl adjacent to an activating group) is 1. The van der Waals surface area contributed by atoms with Gasteiger partial charge in [-0.2, -0.15) is 13.2 Å². The average molecular weight is 366 g/mol. The molecule has 2 unspecified atom stereocenters. The van der Waals surface area contributed by atoms with E-state index in [-0.39, 0.29) is 16.9 Å². The molecule has 2 aromatic heterocycles. The molecule has 2 aromatic rings. The highest BCUT2D eigenvalue weighted by molar-refractivity contribution is 5.94. The van der Waals surface area contributed by atoms with E-state index in [4.69, 9.17) is 0 Å². The van der Waals surface area contributed by atoms with Crippen LogP contribution in [0.3, 0.4) is 0 Å². The van der Waals surface area contributed by atoms with Crippen molar-refractivity contribution in [2.24, 2.45) is 0 Å². The average Bonchev–Trinajstić information content (AvgIpc) is 2.78. The predicted molar refractivity (Wildman–Crippen MR) is 88.3 cm³/mol. The summed E-state index contributed by atoms with van der Waals surface area (Å²) >= 11 is 0. The summed E-state index contributed by atoms with van der Waals surface area (Å²) in [5, 5.41) is 10.2. The maximum absolute atomic E-state index is 13.6. The molecule has 0 aromatic carbocycles. The third-order valence-electron chi connectivity index (χ3n) is 4.48. The van der Waals surface area contributed by atoms with Crippen molar-refractivity contribution in [3.8, 4) is 11.1 Å². The summed E-state index contributed by atoms with van der Waals surface area (Å²) in [6.45, 7) is 3.33. The third kappa shape index (κ3) is 2.98. The second kappa shape index (κ2) is 6.24. The maximum atomic E-state index is 13.6. The first kappa shape index (κ1) is 18.1. The lowest BCUT2D eigenvalue weighted by Crippen LogP contribution is -2.36. The number of hydrogen-bond acceptors (Lipinski definition) is 4. The lowest BCUT2D eigenvalue weighted by molar-refractivity contribution is -0.137. The van der Waals surface area contributed by atoms with Crippen LogP contribution in [-0.2, 0) is 6.18 Å². The molecule has 3 heterocycles. The summed E-state index contributed by atoms with van der Waals surface area (Å²) in [7, 11) is 1.47. The molecule has 1 aliphatic heterocycles. The van der Waals surface area contributed by atoms with E-state index in [0.29, 0.717) is 5.69 Å². The molecule has 1 N–H and O–H groups in total. The van der Waals surface area contributed by atoms with Gasteiger partial charge in [-0.15, -0.1) is 0 Å². The Labute approximate surface area is 147 Å². The zero-order valence-corrected chi connectivity index (χ0v) is 14.3. The molecule has 2 atom stereocenters. The zero-order chi connectivity index (χ0) is 19.2. The normalized spacial score (nSPS) is 20.8. The first-order valence-corrected chi connectivity index (χ1v) is 7.85. The van der Waals surface area contributed by atoms with Gasteiger partial charge in [-0.1, -0.05) is 6.07 Å². The highest BCUT2D eigenvalue weighted by atomic mass is 19.4. The minimum Gasteiger partial charge on any atom is -0.371 e. The van der Waals surface area contributed by atoms with Crippen molar-refractivity contribution in [1.82, 2.24) is 14.9 Å². The fourth-order valence-corrected chi connectivity index (χ4v) is 2.77. The summed E-state index contributed by atoms with van der Waals surface area (Å²) < 4.78 is 40.8. The number of pyridine rings is 2. The topological polar surface area (TPSA) is 69.6 Å². The van der Waals surface area contributed by atoms with Crippen LogP contribution in [0.1, 0.15) is 18.2 Å². The quantitative estimate of drug-likeness (QED) is 0.887. The van der Waals surface area contributed by atoms with Gasteiger partial charge in [0.05, 0.1) is 11.6 Å². The van der Waals surface area contributed by atoms with Crippen LogP contribution >= 0.6 is 0 Å². The second-order valence-corrected chi connectivity index (χ2v) is 6.19. The molecule has 9 heteroatoms. The van der Waals surface area contributed by atoms with E-state index in [1.807, 2.05) is 0 Å². The van der Waals surface area contributed by atoms with Gasteiger partial charge in [0.25, 0.3) is 0 Å². The molecular weight excluding hydrogens is 349 g/mol. The number of aryl methyl sites for hydroxylation is 1. The Balaban J connectivity index is 2.11. The Morgan fingerprint density at radius 2 is 1.88 bits per heavy atom. The predicted octanol–water partition coefficient (Wildman–Crippen LogP) is 3.05. The lowest BCUT2D eigenvalue weighted by atomic mass is 10.0. The number of aliphatic hydroxyl groups is 1. The maximum Gasteiger partial charge on any atom is 0.417 e. The molecule has 1 fully saturated rings. The van der Waals surface area contributed by atoms with E-state index in [2.05, 4.69) is 9.97 Å². The number of nitrogens with zero attached hydrogens (tertiary/aromatic N) is 4. The number of rotatable bonds is 2. The van der Waals surface area contributed by atoms with E-state index >= 15 is 0 Å². The Morgan fingerprint density at radius 3 is 2.38 bits per heavy atom. The molecule has 3 rings (SSSR count). The van der Waals surface area contributed by atoms with Crippen molar-refractivity contribution in [3.05, 3.63) is 41.9 Å². The van der Waals surface area contributed by atoms with Crippen LogP contribution in [0.15, 0.2) is 30.6 Å². The smallest absolute Gasteiger partial charge is 0.371 e. The first-order valence-electron chi connectivity index (χ1n) is 7.85. The molecule has 138 valence electrons. The standard InChI is InChI=1S/C17H17F3N4O2/c1-9-4-5-11(7-21-9)12-8-22-14(6-13(12)17(18,19)20)24-15(25)10(2)23(3)16(24)26/h4-8,10,15,25H,1-3H3.